The second-order valence-electron chi connectivity index (χ2n) is 8.72. The summed E-state index contributed by atoms with van der Waals surface area (Å²) in [6.45, 7) is 7.29. The number of hydrogen-bond acceptors (Lipinski definition) is 7. The van der Waals surface area contributed by atoms with Gasteiger partial charge in [0.25, 0.3) is 15.9 Å². The molecule has 0 saturated carbocycles. The summed E-state index contributed by atoms with van der Waals surface area (Å²) >= 11 is 0. The van der Waals surface area contributed by atoms with Crippen molar-refractivity contribution in [2.24, 2.45) is 0 Å². The monoisotopic (exact) mass is 482 g/mol. The zero-order valence-electron chi connectivity index (χ0n) is 19.4. The molecule has 2 N–H and O–H groups in total. The van der Waals surface area contributed by atoms with Crippen molar-refractivity contribution < 1.29 is 22.7 Å². The number of aryl methyl sites for hydroxylation is 2. The van der Waals surface area contributed by atoms with Gasteiger partial charge in [-0.3, -0.25) is 4.79 Å². The predicted molar refractivity (Wildman–Crippen MR) is 128 cm³/mol. The molecule has 10 heteroatoms. The van der Waals surface area contributed by atoms with Crippen molar-refractivity contribution in [3.63, 3.8) is 0 Å². The predicted octanol–water partition coefficient (Wildman–Crippen LogP) is 3.63. The van der Waals surface area contributed by atoms with Crippen LogP contribution in [-0.2, 0) is 21.2 Å². The van der Waals surface area contributed by atoms with E-state index in [1.54, 1.807) is 26.0 Å². The Kier molecular flexibility index (Phi) is 6.18. The average Bonchev–Trinajstić information content (AvgIpc) is 3.06. The molecule has 0 atom stereocenters. The Bertz CT molecular complexity index is 1320. The molecule has 0 aliphatic carbocycles. The molecule has 34 heavy (non-hydrogen) atoms. The molecule has 0 unspecified atom stereocenters. The van der Waals surface area contributed by atoms with Gasteiger partial charge in [-0.25, -0.2) is 23.1 Å². The van der Waals surface area contributed by atoms with Crippen molar-refractivity contribution in [2.45, 2.75) is 44.6 Å². The van der Waals surface area contributed by atoms with Crippen molar-refractivity contribution in [3.8, 4) is 11.5 Å². The highest BCUT2D eigenvalue weighted by Gasteiger charge is 2.32. The molecule has 178 valence electrons. The van der Waals surface area contributed by atoms with Crippen molar-refractivity contribution in [3.05, 3.63) is 65.5 Å². The van der Waals surface area contributed by atoms with E-state index in [9.17, 15) is 13.2 Å². The average molecular weight is 483 g/mol. The van der Waals surface area contributed by atoms with Gasteiger partial charge in [-0.15, -0.1) is 0 Å². The summed E-state index contributed by atoms with van der Waals surface area (Å²) in [5.74, 6) is 0.800. The Morgan fingerprint density at radius 3 is 2.44 bits per heavy atom. The molecule has 2 aromatic carbocycles. The number of nitrogens with one attached hydrogen (secondary N) is 2. The number of para-hydroxylation sites is 1. The smallest absolute Gasteiger partial charge is 0.264 e. The van der Waals surface area contributed by atoms with Crippen molar-refractivity contribution in [1.29, 1.82) is 0 Å². The zero-order valence-corrected chi connectivity index (χ0v) is 20.2. The fraction of sp³-hybridized carbons (Fsp3) is 0.292. The third kappa shape index (κ3) is 5.45. The van der Waals surface area contributed by atoms with E-state index in [1.807, 2.05) is 26.0 Å². The number of aromatic nitrogens is 2. The van der Waals surface area contributed by atoms with Crippen LogP contribution >= 0.6 is 0 Å². The number of nitrogens with zero attached hydrogens (tertiary/aromatic N) is 2. The highest BCUT2D eigenvalue weighted by atomic mass is 32.2. The lowest BCUT2D eigenvalue weighted by Gasteiger charge is -2.18. The van der Waals surface area contributed by atoms with Crippen LogP contribution in [0, 0.1) is 13.8 Å². The zero-order chi connectivity index (χ0) is 24.5. The Morgan fingerprint density at radius 2 is 1.76 bits per heavy atom. The largest absolute Gasteiger partial charge is 0.483 e. The van der Waals surface area contributed by atoms with Gasteiger partial charge < -0.3 is 14.8 Å². The lowest BCUT2D eigenvalue weighted by molar-refractivity contribution is -0.118. The van der Waals surface area contributed by atoms with Crippen molar-refractivity contribution in [1.82, 2.24) is 9.97 Å². The molecule has 4 rings (SSSR count). The number of fused-ring (bicyclic) bond motifs is 1. The number of benzene rings is 2. The van der Waals surface area contributed by atoms with Gasteiger partial charge in [0.05, 0.1) is 4.90 Å². The first-order valence-corrected chi connectivity index (χ1v) is 12.2. The van der Waals surface area contributed by atoms with Crippen LogP contribution in [0.1, 0.15) is 30.8 Å². The minimum absolute atomic E-state index is 0.00629. The first-order chi connectivity index (χ1) is 16.0. The number of carbonyl (C=O) groups is 1. The molecule has 1 aromatic heterocycles. The van der Waals surface area contributed by atoms with Crippen LogP contribution in [0.25, 0.3) is 0 Å². The standard InChI is InChI=1S/C24H26N4O5S/c1-15-12-16(2)26-23(25-15)28-34(30,31)19-10-8-18(9-11-19)27-21(29)14-32-20-7-5-6-17-13-24(3,4)33-22(17)20/h5-12H,13-14H2,1-4H3,(H,27,29)(H,25,26,28). The molecule has 0 radical (unpaired) electrons. The third-order valence-electron chi connectivity index (χ3n) is 5.07. The number of sulfonamides is 1. The number of amides is 1. The first kappa shape index (κ1) is 23.5. The Balaban J connectivity index is 1.37. The van der Waals surface area contributed by atoms with E-state index < -0.39 is 10.0 Å². The quantitative estimate of drug-likeness (QED) is 0.528. The normalized spacial score (nSPS) is 14.1. The van der Waals surface area contributed by atoms with Crippen LogP contribution in [0.15, 0.2) is 53.4 Å². The molecule has 1 aliphatic heterocycles. The third-order valence-corrected chi connectivity index (χ3v) is 6.41. The van der Waals surface area contributed by atoms with Crippen LogP contribution in [0.2, 0.25) is 0 Å². The molecular weight excluding hydrogens is 456 g/mol. The van der Waals surface area contributed by atoms with Crippen LogP contribution in [0.4, 0.5) is 11.6 Å². The maximum Gasteiger partial charge on any atom is 0.264 e. The van der Waals surface area contributed by atoms with E-state index in [2.05, 4.69) is 20.0 Å². The van der Waals surface area contributed by atoms with E-state index in [0.717, 1.165) is 12.0 Å². The molecule has 1 amide bonds. The molecule has 2 heterocycles. The number of anilines is 2. The second-order valence-corrected chi connectivity index (χ2v) is 10.4. The lowest BCUT2D eigenvalue weighted by Crippen LogP contribution is -2.25. The fourth-order valence-corrected chi connectivity index (χ4v) is 4.65. The molecule has 0 saturated heterocycles. The molecule has 0 fully saturated rings. The molecular formula is C24H26N4O5S. The maximum absolute atomic E-state index is 12.6. The maximum atomic E-state index is 12.6. The highest BCUT2D eigenvalue weighted by molar-refractivity contribution is 7.92. The van der Waals surface area contributed by atoms with Crippen LogP contribution in [-0.4, -0.2) is 36.5 Å². The molecule has 0 bridgehead atoms. The van der Waals surface area contributed by atoms with E-state index in [1.165, 1.54) is 24.3 Å². The van der Waals surface area contributed by atoms with Crippen LogP contribution in [0.5, 0.6) is 11.5 Å². The first-order valence-electron chi connectivity index (χ1n) is 10.7. The van der Waals surface area contributed by atoms with Gasteiger partial charge in [-0.1, -0.05) is 12.1 Å². The summed E-state index contributed by atoms with van der Waals surface area (Å²) in [5.41, 5.74) is 2.47. The Morgan fingerprint density at radius 1 is 1.09 bits per heavy atom. The van der Waals surface area contributed by atoms with Gasteiger partial charge in [0.15, 0.2) is 18.1 Å². The van der Waals surface area contributed by atoms with Crippen LogP contribution in [0.3, 0.4) is 0 Å². The van der Waals surface area contributed by atoms with Gasteiger partial charge in [0.2, 0.25) is 5.95 Å². The van der Waals surface area contributed by atoms with E-state index in [-0.39, 0.29) is 29.0 Å². The second kappa shape index (κ2) is 8.94. The summed E-state index contributed by atoms with van der Waals surface area (Å²) < 4.78 is 39.3. The molecule has 0 spiro atoms. The Labute approximate surface area is 198 Å². The van der Waals surface area contributed by atoms with Crippen molar-refractivity contribution >= 4 is 27.6 Å². The molecule has 9 nitrogen and oxygen atoms in total. The van der Waals surface area contributed by atoms with E-state index in [0.29, 0.717) is 28.6 Å². The topological polar surface area (TPSA) is 120 Å². The summed E-state index contributed by atoms with van der Waals surface area (Å²) in [5, 5.41) is 2.69. The SMILES string of the molecule is Cc1cc(C)nc(NS(=O)(=O)c2ccc(NC(=O)COc3cccc4c3OC(C)(C)C4)cc2)n1. The lowest BCUT2D eigenvalue weighted by atomic mass is 10.0. The summed E-state index contributed by atoms with van der Waals surface area (Å²) in [6.07, 6.45) is 0.769. The van der Waals surface area contributed by atoms with Crippen molar-refractivity contribution in [2.75, 3.05) is 16.6 Å². The highest BCUT2D eigenvalue weighted by Crippen LogP contribution is 2.41. The minimum atomic E-state index is -3.88. The minimum Gasteiger partial charge on any atom is -0.483 e. The number of hydrogen-bond donors (Lipinski definition) is 2. The fourth-order valence-electron chi connectivity index (χ4n) is 3.71. The number of carbonyl (C=O) groups excluding carboxylic acids is 1. The number of ether oxygens (including phenoxy) is 2. The summed E-state index contributed by atoms with van der Waals surface area (Å²) in [4.78, 5) is 20.6. The van der Waals surface area contributed by atoms with Gasteiger partial charge in [0, 0.05) is 29.1 Å². The van der Waals surface area contributed by atoms with E-state index in [4.69, 9.17) is 9.47 Å². The van der Waals surface area contributed by atoms with Gasteiger partial charge >= 0.3 is 0 Å². The van der Waals surface area contributed by atoms with Gasteiger partial charge in [-0.05, 0) is 64.1 Å². The van der Waals surface area contributed by atoms with Gasteiger partial charge in [0.1, 0.15) is 5.60 Å². The van der Waals surface area contributed by atoms with E-state index >= 15 is 0 Å². The van der Waals surface area contributed by atoms with Crippen LogP contribution < -0.4 is 19.5 Å². The molecule has 1 aliphatic rings. The molecule has 3 aromatic rings. The summed E-state index contributed by atoms with van der Waals surface area (Å²) in [7, 11) is -3.88. The number of rotatable bonds is 7. The Hall–Kier alpha value is -3.66. The summed E-state index contributed by atoms with van der Waals surface area (Å²) in [6, 6.07) is 13.1. The van der Waals surface area contributed by atoms with Gasteiger partial charge in [-0.2, -0.15) is 0 Å².